The smallest absolute Gasteiger partial charge is 0.258 e. The molecule has 1 amide bonds. The molecule has 24 heavy (non-hydrogen) atoms. The standard InChI is InChI=1S/C20H24N2O2/c1-15(2)20(16-9-5-4-6-10-16)21-18-12-8-7-11-17(18)19(23)22(20)13-14-24-3/h4-12,15,21H,13-14H2,1-3H3. The average Bonchev–Trinajstić information content (AvgIpc) is 2.61. The van der Waals surface area contributed by atoms with Crippen molar-refractivity contribution in [2.75, 3.05) is 25.6 Å². The van der Waals surface area contributed by atoms with Crippen molar-refractivity contribution in [2.24, 2.45) is 5.92 Å². The third-order valence-corrected chi connectivity index (χ3v) is 4.72. The molecule has 0 radical (unpaired) electrons. The van der Waals surface area contributed by atoms with E-state index in [-0.39, 0.29) is 11.8 Å². The van der Waals surface area contributed by atoms with Gasteiger partial charge in [0.15, 0.2) is 0 Å². The number of nitrogens with one attached hydrogen (secondary N) is 1. The maximum atomic E-state index is 13.2. The van der Waals surface area contributed by atoms with Crippen LogP contribution in [0.25, 0.3) is 0 Å². The van der Waals surface area contributed by atoms with Gasteiger partial charge in [-0.05, 0) is 23.6 Å². The van der Waals surface area contributed by atoms with Gasteiger partial charge in [-0.25, -0.2) is 0 Å². The lowest BCUT2D eigenvalue weighted by Gasteiger charge is -2.51. The van der Waals surface area contributed by atoms with Gasteiger partial charge in [-0.2, -0.15) is 0 Å². The first-order chi connectivity index (χ1) is 11.6. The molecule has 0 aliphatic carbocycles. The molecule has 0 aromatic heterocycles. The van der Waals surface area contributed by atoms with Crippen LogP contribution < -0.4 is 5.32 Å². The number of amides is 1. The van der Waals surface area contributed by atoms with Crippen LogP contribution in [-0.2, 0) is 10.4 Å². The molecule has 0 spiro atoms. The van der Waals surface area contributed by atoms with E-state index in [1.807, 2.05) is 47.4 Å². The topological polar surface area (TPSA) is 41.6 Å². The molecule has 0 bridgehead atoms. The number of benzene rings is 2. The number of anilines is 1. The van der Waals surface area contributed by atoms with Crippen LogP contribution in [0.4, 0.5) is 5.69 Å². The van der Waals surface area contributed by atoms with Gasteiger partial charge in [-0.3, -0.25) is 4.79 Å². The predicted octanol–water partition coefficient (Wildman–Crippen LogP) is 3.71. The van der Waals surface area contributed by atoms with Gasteiger partial charge < -0.3 is 15.0 Å². The first-order valence-corrected chi connectivity index (χ1v) is 8.35. The molecule has 4 nitrogen and oxygen atoms in total. The van der Waals surface area contributed by atoms with E-state index in [0.29, 0.717) is 18.7 Å². The van der Waals surface area contributed by atoms with Gasteiger partial charge in [0.25, 0.3) is 5.91 Å². The monoisotopic (exact) mass is 324 g/mol. The van der Waals surface area contributed by atoms with E-state index >= 15 is 0 Å². The van der Waals surface area contributed by atoms with Crippen LogP contribution in [0.2, 0.25) is 0 Å². The minimum atomic E-state index is -0.592. The average molecular weight is 324 g/mol. The molecule has 1 aliphatic heterocycles. The highest BCUT2D eigenvalue weighted by Crippen LogP contribution is 2.42. The Balaban J connectivity index is 2.19. The number of methoxy groups -OCH3 is 1. The van der Waals surface area contributed by atoms with E-state index in [1.165, 1.54) is 0 Å². The molecular formula is C20H24N2O2. The van der Waals surface area contributed by atoms with E-state index in [2.05, 4.69) is 31.3 Å². The number of ether oxygens (including phenoxy) is 1. The third-order valence-electron chi connectivity index (χ3n) is 4.72. The number of rotatable bonds is 5. The van der Waals surface area contributed by atoms with Crippen molar-refractivity contribution >= 4 is 11.6 Å². The van der Waals surface area contributed by atoms with E-state index in [0.717, 1.165) is 11.3 Å². The Morgan fingerprint density at radius 3 is 2.42 bits per heavy atom. The largest absolute Gasteiger partial charge is 0.383 e. The Bertz CT molecular complexity index is 715. The molecule has 0 saturated carbocycles. The Kier molecular flexibility index (Phi) is 4.58. The molecule has 1 N–H and O–H groups in total. The number of carbonyl (C=O) groups excluding carboxylic acids is 1. The Morgan fingerprint density at radius 1 is 1.08 bits per heavy atom. The summed E-state index contributed by atoms with van der Waals surface area (Å²) in [7, 11) is 1.66. The number of hydrogen-bond donors (Lipinski definition) is 1. The third kappa shape index (κ3) is 2.57. The first-order valence-electron chi connectivity index (χ1n) is 8.35. The molecule has 4 heteroatoms. The summed E-state index contributed by atoms with van der Waals surface area (Å²) in [5.74, 6) is 0.216. The van der Waals surface area contributed by atoms with Gasteiger partial charge in [0.2, 0.25) is 0 Å². The second kappa shape index (κ2) is 6.65. The highest BCUT2D eigenvalue weighted by atomic mass is 16.5. The van der Waals surface area contributed by atoms with E-state index in [4.69, 9.17) is 4.74 Å². The summed E-state index contributed by atoms with van der Waals surface area (Å²) < 4.78 is 5.27. The number of carbonyl (C=O) groups is 1. The van der Waals surface area contributed by atoms with Crippen molar-refractivity contribution in [1.29, 1.82) is 0 Å². The molecule has 1 aliphatic rings. The van der Waals surface area contributed by atoms with Crippen molar-refractivity contribution in [1.82, 2.24) is 4.90 Å². The zero-order valence-corrected chi connectivity index (χ0v) is 14.5. The zero-order valence-electron chi connectivity index (χ0n) is 14.5. The van der Waals surface area contributed by atoms with Crippen molar-refractivity contribution in [3.63, 3.8) is 0 Å². The number of para-hydroxylation sites is 1. The van der Waals surface area contributed by atoms with Crippen molar-refractivity contribution < 1.29 is 9.53 Å². The Labute approximate surface area is 143 Å². The fourth-order valence-corrected chi connectivity index (χ4v) is 3.53. The SMILES string of the molecule is COCCN1C(=O)c2ccccc2NC1(c1ccccc1)C(C)C. The van der Waals surface area contributed by atoms with Gasteiger partial charge in [0.05, 0.1) is 12.2 Å². The van der Waals surface area contributed by atoms with Crippen LogP contribution >= 0.6 is 0 Å². The molecule has 126 valence electrons. The molecule has 1 atom stereocenters. The fourth-order valence-electron chi connectivity index (χ4n) is 3.53. The maximum absolute atomic E-state index is 13.2. The molecule has 1 unspecified atom stereocenters. The zero-order chi connectivity index (χ0) is 17.2. The minimum Gasteiger partial charge on any atom is -0.383 e. The van der Waals surface area contributed by atoms with E-state index in [9.17, 15) is 4.79 Å². The Hall–Kier alpha value is -2.33. The number of nitrogens with zero attached hydrogens (tertiary/aromatic N) is 1. The highest BCUT2D eigenvalue weighted by Gasteiger charge is 2.47. The molecule has 0 saturated heterocycles. The molecule has 1 heterocycles. The molecule has 2 aromatic rings. The van der Waals surface area contributed by atoms with Gasteiger partial charge in [-0.15, -0.1) is 0 Å². The lowest BCUT2D eigenvalue weighted by atomic mass is 9.83. The van der Waals surface area contributed by atoms with Crippen molar-refractivity contribution in [2.45, 2.75) is 19.5 Å². The van der Waals surface area contributed by atoms with Gasteiger partial charge in [0.1, 0.15) is 5.66 Å². The molecule has 2 aromatic carbocycles. The quantitative estimate of drug-likeness (QED) is 0.911. The van der Waals surface area contributed by atoms with E-state index in [1.54, 1.807) is 7.11 Å². The fraction of sp³-hybridized carbons (Fsp3) is 0.350. The lowest BCUT2D eigenvalue weighted by Crippen LogP contribution is -2.61. The van der Waals surface area contributed by atoms with E-state index < -0.39 is 5.66 Å². The van der Waals surface area contributed by atoms with Crippen LogP contribution in [0, 0.1) is 5.92 Å². The Morgan fingerprint density at radius 2 is 1.75 bits per heavy atom. The van der Waals surface area contributed by atoms with Crippen molar-refractivity contribution in [3.05, 3.63) is 65.7 Å². The highest BCUT2D eigenvalue weighted by molar-refractivity contribution is 6.02. The summed E-state index contributed by atoms with van der Waals surface area (Å²) in [5, 5.41) is 3.67. The second-order valence-electron chi connectivity index (χ2n) is 6.41. The summed E-state index contributed by atoms with van der Waals surface area (Å²) in [4.78, 5) is 15.2. The number of fused-ring (bicyclic) bond motifs is 1. The summed E-state index contributed by atoms with van der Waals surface area (Å²) >= 11 is 0. The molecular weight excluding hydrogens is 300 g/mol. The van der Waals surface area contributed by atoms with Gasteiger partial charge in [0, 0.05) is 19.3 Å². The van der Waals surface area contributed by atoms with Crippen LogP contribution in [-0.4, -0.2) is 31.1 Å². The predicted molar refractivity (Wildman–Crippen MR) is 95.9 cm³/mol. The minimum absolute atomic E-state index is 0.0407. The van der Waals surface area contributed by atoms with Crippen LogP contribution in [0.1, 0.15) is 29.8 Å². The van der Waals surface area contributed by atoms with Crippen LogP contribution in [0.15, 0.2) is 54.6 Å². The van der Waals surface area contributed by atoms with Gasteiger partial charge >= 0.3 is 0 Å². The first kappa shape index (κ1) is 16.5. The second-order valence-corrected chi connectivity index (χ2v) is 6.41. The normalized spacial score (nSPS) is 20.0. The van der Waals surface area contributed by atoms with Crippen LogP contribution in [0.3, 0.4) is 0 Å². The van der Waals surface area contributed by atoms with Gasteiger partial charge in [-0.1, -0.05) is 56.3 Å². The summed E-state index contributed by atoms with van der Waals surface area (Å²) in [6.45, 7) is 5.31. The summed E-state index contributed by atoms with van der Waals surface area (Å²) in [5.41, 5.74) is 2.08. The summed E-state index contributed by atoms with van der Waals surface area (Å²) in [6.07, 6.45) is 0. The summed E-state index contributed by atoms with van der Waals surface area (Å²) in [6, 6.07) is 17.9. The van der Waals surface area contributed by atoms with Crippen molar-refractivity contribution in [3.8, 4) is 0 Å². The molecule has 0 fully saturated rings. The molecule has 3 rings (SSSR count). The number of hydrogen-bond acceptors (Lipinski definition) is 3. The van der Waals surface area contributed by atoms with Crippen LogP contribution in [0.5, 0.6) is 0 Å². The lowest BCUT2D eigenvalue weighted by molar-refractivity contribution is 0.0248. The maximum Gasteiger partial charge on any atom is 0.258 e.